The summed E-state index contributed by atoms with van der Waals surface area (Å²) >= 11 is 0. The van der Waals surface area contributed by atoms with Gasteiger partial charge in [0, 0.05) is 18.2 Å². The highest BCUT2D eigenvalue weighted by Crippen LogP contribution is 2.22. The molecule has 0 saturated carbocycles. The van der Waals surface area contributed by atoms with Gasteiger partial charge in [-0.2, -0.15) is 0 Å². The molecule has 1 aromatic rings. The molecule has 106 valence electrons. The maximum Gasteiger partial charge on any atom is 0.273 e. The van der Waals surface area contributed by atoms with Gasteiger partial charge in [-0.05, 0) is 26.8 Å². The van der Waals surface area contributed by atoms with E-state index in [1.807, 2.05) is 0 Å². The van der Waals surface area contributed by atoms with E-state index in [0.717, 1.165) is 6.07 Å². The lowest BCUT2D eigenvalue weighted by atomic mass is 10.1. The molecule has 0 bridgehead atoms. The number of rotatable bonds is 5. The van der Waals surface area contributed by atoms with Crippen molar-refractivity contribution in [2.75, 3.05) is 6.54 Å². The third-order valence-electron chi connectivity index (χ3n) is 2.38. The van der Waals surface area contributed by atoms with Gasteiger partial charge in [0.1, 0.15) is 0 Å². The van der Waals surface area contributed by atoms with Crippen molar-refractivity contribution < 1.29 is 18.4 Å². The number of hydrogen-bond donors (Lipinski definition) is 2. The fourth-order valence-electron chi connectivity index (χ4n) is 1.31. The Morgan fingerprint density at radius 1 is 1.42 bits per heavy atom. The maximum atomic E-state index is 11.9. The van der Waals surface area contributed by atoms with Crippen LogP contribution < -0.4 is 4.72 Å². The first-order valence-corrected chi connectivity index (χ1v) is 6.98. The smallest absolute Gasteiger partial charge is 0.273 e. The summed E-state index contributed by atoms with van der Waals surface area (Å²) < 4.78 is 26.0. The van der Waals surface area contributed by atoms with Gasteiger partial charge in [0.2, 0.25) is 10.0 Å². The lowest BCUT2D eigenvalue weighted by molar-refractivity contribution is -0.385. The summed E-state index contributed by atoms with van der Waals surface area (Å²) in [5, 5.41) is 20.2. The Kier molecular flexibility index (Phi) is 4.28. The summed E-state index contributed by atoms with van der Waals surface area (Å²) in [6.45, 7) is 4.25. The van der Waals surface area contributed by atoms with E-state index in [4.69, 9.17) is 0 Å². The molecule has 0 spiro atoms. The van der Waals surface area contributed by atoms with Crippen LogP contribution in [-0.4, -0.2) is 30.6 Å². The number of aliphatic hydroxyl groups is 1. The Balaban J connectivity index is 3.09. The first-order chi connectivity index (χ1) is 8.53. The second kappa shape index (κ2) is 5.24. The number of benzene rings is 1. The largest absolute Gasteiger partial charge is 0.389 e. The van der Waals surface area contributed by atoms with E-state index in [2.05, 4.69) is 4.72 Å². The summed E-state index contributed by atoms with van der Waals surface area (Å²) in [4.78, 5) is 9.93. The molecule has 0 aliphatic rings. The molecular formula is C11H16N2O5S. The van der Waals surface area contributed by atoms with Crippen LogP contribution in [0, 0.1) is 17.0 Å². The van der Waals surface area contributed by atoms with Crippen molar-refractivity contribution in [1.29, 1.82) is 0 Å². The number of nitro benzene ring substituents is 1. The summed E-state index contributed by atoms with van der Waals surface area (Å²) in [6.07, 6.45) is 0. The fourth-order valence-corrected chi connectivity index (χ4v) is 2.53. The highest BCUT2D eigenvalue weighted by molar-refractivity contribution is 7.89. The molecule has 0 heterocycles. The molecule has 8 heteroatoms. The van der Waals surface area contributed by atoms with E-state index >= 15 is 0 Å². The van der Waals surface area contributed by atoms with E-state index in [-0.39, 0.29) is 17.1 Å². The average Bonchev–Trinajstić information content (AvgIpc) is 2.25. The Labute approximate surface area is 111 Å². The van der Waals surface area contributed by atoms with Crippen LogP contribution in [0.15, 0.2) is 23.1 Å². The average molecular weight is 288 g/mol. The summed E-state index contributed by atoms with van der Waals surface area (Å²) in [5.74, 6) is 0. The van der Waals surface area contributed by atoms with Crippen LogP contribution >= 0.6 is 0 Å². The normalized spacial score (nSPS) is 12.4. The zero-order valence-electron chi connectivity index (χ0n) is 10.9. The van der Waals surface area contributed by atoms with Gasteiger partial charge in [-0.15, -0.1) is 0 Å². The third kappa shape index (κ3) is 4.27. The molecule has 0 amide bonds. The molecule has 2 N–H and O–H groups in total. The topological polar surface area (TPSA) is 110 Å². The van der Waals surface area contributed by atoms with Crippen molar-refractivity contribution in [3.05, 3.63) is 33.9 Å². The van der Waals surface area contributed by atoms with Gasteiger partial charge in [0.25, 0.3) is 5.69 Å². The van der Waals surface area contributed by atoms with E-state index < -0.39 is 20.5 Å². The van der Waals surface area contributed by atoms with Crippen LogP contribution in [0.5, 0.6) is 0 Å². The van der Waals surface area contributed by atoms with Gasteiger partial charge >= 0.3 is 0 Å². The third-order valence-corrected chi connectivity index (χ3v) is 3.78. The van der Waals surface area contributed by atoms with Crippen LogP contribution in [0.4, 0.5) is 5.69 Å². The Morgan fingerprint density at radius 3 is 2.47 bits per heavy atom. The van der Waals surface area contributed by atoms with Crippen molar-refractivity contribution in [2.24, 2.45) is 0 Å². The van der Waals surface area contributed by atoms with E-state index in [1.165, 1.54) is 32.9 Å². The van der Waals surface area contributed by atoms with Crippen LogP contribution in [0.25, 0.3) is 0 Å². The number of aryl methyl sites for hydroxylation is 1. The van der Waals surface area contributed by atoms with Crippen molar-refractivity contribution in [3.63, 3.8) is 0 Å². The summed E-state index contributed by atoms with van der Waals surface area (Å²) in [6, 6.07) is 3.66. The van der Waals surface area contributed by atoms with Crippen molar-refractivity contribution in [2.45, 2.75) is 31.3 Å². The van der Waals surface area contributed by atoms with Gasteiger partial charge in [0.15, 0.2) is 0 Å². The quantitative estimate of drug-likeness (QED) is 0.619. The van der Waals surface area contributed by atoms with Crippen molar-refractivity contribution >= 4 is 15.7 Å². The molecule has 1 rings (SSSR count). The standard InChI is InChI=1S/C11H16N2O5S/c1-8-4-5-9(6-10(8)13(15)16)19(17,18)12-7-11(2,3)14/h4-6,12,14H,7H2,1-3H3. The first-order valence-electron chi connectivity index (χ1n) is 5.50. The molecule has 0 radical (unpaired) electrons. The van der Waals surface area contributed by atoms with Gasteiger partial charge in [0.05, 0.1) is 15.4 Å². The van der Waals surface area contributed by atoms with Gasteiger partial charge < -0.3 is 5.11 Å². The molecule has 0 aliphatic carbocycles. The fraction of sp³-hybridized carbons (Fsp3) is 0.455. The number of nitrogens with one attached hydrogen (secondary N) is 1. The van der Waals surface area contributed by atoms with Crippen molar-refractivity contribution in [1.82, 2.24) is 4.72 Å². The second-order valence-corrected chi connectivity index (χ2v) is 6.61. The number of hydrogen-bond acceptors (Lipinski definition) is 5. The monoisotopic (exact) mass is 288 g/mol. The van der Waals surface area contributed by atoms with E-state index in [0.29, 0.717) is 5.56 Å². The van der Waals surface area contributed by atoms with E-state index in [9.17, 15) is 23.6 Å². The van der Waals surface area contributed by atoms with Crippen LogP contribution in [0.2, 0.25) is 0 Å². The molecule has 0 fully saturated rings. The highest BCUT2D eigenvalue weighted by Gasteiger charge is 2.22. The summed E-state index contributed by atoms with van der Waals surface area (Å²) in [7, 11) is -3.88. The minimum Gasteiger partial charge on any atom is -0.389 e. The zero-order chi connectivity index (χ0) is 14.8. The molecule has 0 atom stereocenters. The minimum absolute atomic E-state index is 0.184. The predicted octanol–water partition coefficient (Wildman–Crippen LogP) is 0.952. The summed E-state index contributed by atoms with van der Waals surface area (Å²) in [5.41, 5.74) is -1.08. The number of nitro groups is 1. The molecular weight excluding hydrogens is 272 g/mol. The molecule has 19 heavy (non-hydrogen) atoms. The molecule has 0 aliphatic heterocycles. The first kappa shape index (κ1) is 15.5. The number of nitrogens with zero attached hydrogens (tertiary/aromatic N) is 1. The maximum absolute atomic E-state index is 11.9. The minimum atomic E-state index is -3.88. The second-order valence-electron chi connectivity index (χ2n) is 4.84. The lowest BCUT2D eigenvalue weighted by Crippen LogP contribution is -2.38. The van der Waals surface area contributed by atoms with Gasteiger partial charge in [-0.25, -0.2) is 13.1 Å². The Bertz CT molecular complexity index is 590. The SMILES string of the molecule is Cc1ccc(S(=O)(=O)NCC(C)(C)O)cc1[N+](=O)[O-]. The molecule has 0 aromatic heterocycles. The highest BCUT2D eigenvalue weighted by atomic mass is 32.2. The molecule has 7 nitrogen and oxygen atoms in total. The Morgan fingerprint density at radius 2 is 2.00 bits per heavy atom. The van der Waals surface area contributed by atoms with Crippen LogP contribution in [0.1, 0.15) is 19.4 Å². The predicted molar refractivity (Wildman–Crippen MR) is 69.3 cm³/mol. The van der Waals surface area contributed by atoms with Crippen LogP contribution in [-0.2, 0) is 10.0 Å². The van der Waals surface area contributed by atoms with E-state index in [1.54, 1.807) is 0 Å². The molecule has 0 saturated heterocycles. The molecule has 1 aromatic carbocycles. The van der Waals surface area contributed by atoms with Crippen LogP contribution in [0.3, 0.4) is 0 Å². The zero-order valence-corrected chi connectivity index (χ0v) is 11.7. The van der Waals surface area contributed by atoms with Gasteiger partial charge in [-0.1, -0.05) is 6.07 Å². The number of sulfonamides is 1. The van der Waals surface area contributed by atoms with Gasteiger partial charge in [-0.3, -0.25) is 10.1 Å². The molecule has 0 unspecified atom stereocenters. The van der Waals surface area contributed by atoms with Crippen molar-refractivity contribution in [3.8, 4) is 0 Å². The lowest BCUT2D eigenvalue weighted by Gasteiger charge is -2.17. The Hall–Kier alpha value is -1.51.